The van der Waals surface area contributed by atoms with Crippen molar-refractivity contribution in [1.82, 2.24) is 9.97 Å². The predicted molar refractivity (Wildman–Crippen MR) is 96.2 cm³/mol. The Balaban J connectivity index is 2.41. The lowest BCUT2D eigenvalue weighted by atomic mass is 10.1. The van der Waals surface area contributed by atoms with E-state index in [1.165, 1.54) is 12.1 Å². The number of aromatic nitrogens is 2. The molecule has 1 aromatic heterocycles. The number of nitro benzene ring substituents is 1. The Bertz CT molecular complexity index is 818. The van der Waals surface area contributed by atoms with Gasteiger partial charge in [0.05, 0.1) is 10.5 Å². The molecule has 25 heavy (non-hydrogen) atoms. The molecule has 8 nitrogen and oxygen atoms in total. The van der Waals surface area contributed by atoms with Crippen LogP contribution in [0.25, 0.3) is 0 Å². The van der Waals surface area contributed by atoms with Gasteiger partial charge < -0.3 is 10.2 Å². The number of anilines is 2. The average Bonchev–Trinajstić information content (AvgIpc) is 2.53. The smallest absolute Gasteiger partial charge is 0.270 e. The van der Waals surface area contributed by atoms with E-state index < -0.39 is 10.8 Å². The minimum Gasteiger partial charge on any atom is -0.377 e. The number of rotatable bonds is 5. The Hall–Kier alpha value is -3.03. The van der Waals surface area contributed by atoms with Crippen molar-refractivity contribution in [3.63, 3.8) is 0 Å². The SMILES string of the molecule is Cc1cc(NC(=O)c2cc([N+](=O)[O-])ccc2N(C)C)nc(C(C)C)n1. The molecule has 0 fully saturated rings. The van der Waals surface area contributed by atoms with Crippen LogP contribution in [0.3, 0.4) is 0 Å². The van der Waals surface area contributed by atoms with Gasteiger partial charge in [0.2, 0.25) is 0 Å². The Morgan fingerprint density at radius 2 is 1.92 bits per heavy atom. The van der Waals surface area contributed by atoms with Crippen molar-refractivity contribution in [2.75, 3.05) is 24.3 Å². The van der Waals surface area contributed by atoms with E-state index >= 15 is 0 Å². The van der Waals surface area contributed by atoms with Gasteiger partial charge in [0, 0.05) is 49.6 Å². The quantitative estimate of drug-likeness (QED) is 0.661. The van der Waals surface area contributed by atoms with Gasteiger partial charge in [0.15, 0.2) is 0 Å². The lowest BCUT2D eigenvalue weighted by Crippen LogP contribution is -2.20. The summed E-state index contributed by atoms with van der Waals surface area (Å²) in [6.45, 7) is 5.75. The highest BCUT2D eigenvalue weighted by molar-refractivity contribution is 6.08. The van der Waals surface area contributed by atoms with Gasteiger partial charge in [-0.25, -0.2) is 9.97 Å². The van der Waals surface area contributed by atoms with Gasteiger partial charge in [-0.1, -0.05) is 13.8 Å². The molecular weight excluding hydrogens is 322 g/mol. The molecule has 0 aliphatic carbocycles. The zero-order valence-electron chi connectivity index (χ0n) is 14.9. The summed E-state index contributed by atoms with van der Waals surface area (Å²) in [7, 11) is 3.54. The fourth-order valence-electron chi connectivity index (χ4n) is 2.31. The summed E-state index contributed by atoms with van der Waals surface area (Å²) >= 11 is 0. The molecule has 2 rings (SSSR count). The Morgan fingerprint density at radius 3 is 2.48 bits per heavy atom. The molecule has 0 saturated heterocycles. The average molecular weight is 343 g/mol. The minimum atomic E-state index is -0.526. The van der Waals surface area contributed by atoms with Crippen LogP contribution in [0.15, 0.2) is 24.3 Å². The van der Waals surface area contributed by atoms with Crippen LogP contribution >= 0.6 is 0 Å². The van der Waals surface area contributed by atoms with E-state index in [9.17, 15) is 14.9 Å². The molecule has 0 aliphatic rings. The van der Waals surface area contributed by atoms with Crippen LogP contribution in [-0.4, -0.2) is 34.9 Å². The topological polar surface area (TPSA) is 101 Å². The van der Waals surface area contributed by atoms with Crippen LogP contribution in [0.4, 0.5) is 17.2 Å². The molecule has 0 radical (unpaired) electrons. The maximum absolute atomic E-state index is 12.7. The highest BCUT2D eigenvalue weighted by Gasteiger charge is 2.19. The monoisotopic (exact) mass is 343 g/mol. The van der Waals surface area contributed by atoms with Gasteiger partial charge in [0.25, 0.3) is 11.6 Å². The van der Waals surface area contributed by atoms with Gasteiger partial charge >= 0.3 is 0 Å². The van der Waals surface area contributed by atoms with Crippen molar-refractivity contribution in [3.05, 3.63) is 51.5 Å². The number of carbonyl (C=O) groups is 1. The molecule has 0 atom stereocenters. The van der Waals surface area contributed by atoms with Crippen LogP contribution in [-0.2, 0) is 0 Å². The van der Waals surface area contributed by atoms with E-state index in [0.29, 0.717) is 17.3 Å². The minimum absolute atomic E-state index is 0.116. The summed E-state index contributed by atoms with van der Waals surface area (Å²) in [6.07, 6.45) is 0. The molecule has 8 heteroatoms. The predicted octanol–water partition coefficient (Wildman–Crippen LogP) is 3.13. The molecule has 0 bridgehead atoms. The van der Waals surface area contributed by atoms with Crippen molar-refractivity contribution in [3.8, 4) is 0 Å². The summed E-state index contributed by atoms with van der Waals surface area (Å²) in [4.78, 5) is 33.6. The fraction of sp³-hybridized carbons (Fsp3) is 0.353. The second-order valence-corrected chi connectivity index (χ2v) is 6.21. The van der Waals surface area contributed by atoms with Crippen molar-refractivity contribution in [1.29, 1.82) is 0 Å². The van der Waals surface area contributed by atoms with E-state index in [0.717, 1.165) is 5.69 Å². The number of aryl methyl sites for hydroxylation is 1. The van der Waals surface area contributed by atoms with Gasteiger partial charge in [-0.3, -0.25) is 14.9 Å². The first-order valence-electron chi connectivity index (χ1n) is 7.81. The summed E-state index contributed by atoms with van der Waals surface area (Å²) in [5.74, 6) is 0.658. The number of hydrogen-bond donors (Lipinski definition) is 1. The highest BCUT2D eigenvalue weighted by Crippen LogP contribution is 2.25. The number of carbonyl (C=O) groups excluding carboxylic acids is 1. The summed E-state index contributed by atoms with van der Waals surface area (Å²) < 4.78 is 0. The normalized spacial score (nSPS) is 10.6. The van der Waals surface area contributed by atoms with E-state index in [1.807, 2.05) is 20.8 Å². The van der Waals surface area contributed by atoms with Crippen LogP contribution < -0.4 is 10.2 Å². The molecule has 1 N–H and O–H groups in total. The number of hydrogen-bond acceptors (Lipinski definition) is 6. The first-order valence-corrected chi connectivity index (χ1v) is 7.81. The van der Waals surface area contributed by atoms with Crippen molar-refractivity contribution < 1.29 is 9.72 Å². The lowest BCUT2D eigenvalue weighted by molar-refractivity contribution is -0.384. The summed E-state index contributed by atoms with van der Waals surface area (Å²) in [5.41, 5.74) is 1.39. The Labute approximate surface area is 146 Å². The van der Waals surface area contributed by atoms with E-state index in [-0.39, 0.29) is 17.2 Å². The van der Waals surface area contributed by atoms with Crippen molar-refractivity contribution in [2.24, 2.45) is 0 Å². The van der Waals surface area contributed by atoms with Gasteiger partial charge in [-0.05, 0) is 13.0 Å². The Kier molecular flexibility index (Phi) is 5.31. The zero-order chi connectivity index (χ0) is 18.7. The Morgan fingerprint density at radius 1 is 1.24 bits per heavy atom. The third-order valence-electron chi connectivity index (χ3n) is 3.55. The standard InChI is InChI=1S/C17H21N5O3/c1-10(2)16-18-11(3)8-15(19-16)20-17(23)13-9-12(22(24)25)6-7-14(13)21(4)5/h6-10H,1-5H3,(H,18,19,20,23). The fourth-order valence-corrected chi connectivity index (χ4v) is 2.31. The summed E-state index contributed by atoms with van der Waals surface area (Å²) in [5, 5.41) is 13.7. The second-order valence-electron chi connectivity index (χ2n) is 6.21. The van der Waals surface area contributed by atoms with Gasteiger partial charge in [-0.15, -0.1) is 0 Å². The van der Waals surface area contributed by atoms with Crippen molar-refractivity contribution >= 4 is 23.1 Å². The van der Waals surface area contributed by atoms with Crippen molar-refractivity contribution in [2.45, 2.75) is 26.7 Å². The van der Waals surface area contributed by atoms with E-state index in [1.54, 1.807) is 31.1 Å². The molecule has 0 spiro atoms. The number of nitrogens with one attached hydrogen (secondary N) is 1. The maximum Gasteiger partial charge on any atom is 0.270 e. The molecule has 0 saturated carbocycles. The lowest BCUT2D eigenvalue weighted by Gasteiger charge is -2.17. The van der Waals surface area contributed by atoms with Crippen LogP contribution in [0.2, 0.25) is 0 Å². The molecule has 1 heterocycles. The molecule has 0 aliphatic heterocycles. The van der Waals surface area contributed by atoms with Gasteiger partial charge in [-0.2, -0.15) is 0 Å². The molecular formula is C17H21N5O3. The molecule has 1 aromatic carbocycles. The van der Waals surface area contributed by atoms with Crippen LogP contribution in [0.1, 0.15) is 41.6 Å². The van der Waals surface area contributed by atoms with Crippen LogP contribution in [0.5, 0.6) is 0 Å². The number of nitrogens with zero attached hydrogens (tertiary/aromatic N) is 4. The summed E-state index contributed by atoms with van der Waals surface area (Å²) in [6, 6.07) is 5.86. The third kappa shape index (κ3) is 4.28. The first kappa shape index (κ1) is 18.3. The maximum atomic E-state index is 12.7. The molecule has 2 aromatic rings. The van der Waals surface area contributed by atoms with E-state index in [4.69, 9.17) is 0 Å². The highest BCUT2D eigenvalue weighted by atomic mass is 16.6. The number of non-ortho nitro benzene ring substituents is 1. The van der Waals surface area contributed by atoms with E-state index in [2.05, 4.69) is 15.3 Å². The largest absolute Gasteiger partial charge is 0.377 e. The number of amides is 1. The van der Waals surface area contributed by atoms with Gasteiger partial charge in [0.1, 0.15) is 11.6 Å². The third-order valence-corrected chi connectivity index (χ3v) is 3.55. The first-order chi connectivity index (χ1) is 11.7. The second kappa shape index (κ2) is 7.25. The number of nitro groups is 1. The number of benzene rings is 1. The molecule has 132 valence electrons. The zero-order valence-corrected chi connectivity index (χ0v) is 14.9. The van der Waals surface area contributed by atoms with Crippen LogP contribution in [0, 0.1) is 17.0 Å². The molecule has 0 unspecified atom stereocenters. The molecule has 1 amide bonds.